The third-order valence-corrected chi connectivity index (χ3v) is 3.53. The average Bonchev–Trinajstić information content (AvgIpc) is 1.84. The third kappa shape index (κ3) is 1.01. The molecule has 2 saturated heterocycles. The van der Waals surface area contributed by atoms with Crippen LogP contribution < -0.4 is 0 Å². The Balaban J connectivity index is 2.04. The number of hydrogen-bond donors (Lipinski definition) is 0. The van der Waals surface area contributed by atoms with Crippen molar-refractivity contribution in [3.63, 3.8) is 0 Å². The van der Waals surface area contributed by atoms with E-state index in [9.17, 15) is 0 Å². The molecule has 2 aliphatic heterocycles. The molecule has 0 spiro atoms. The van der Waals surface area contributed by atoms with Gasteiger partial charge in [0.2, 0.25) is 0 Å². The van der Waals surface area contributed by atoms with E-state index in [1.54, 1.807) is 0 Å². The van der Waals surface area contributed by atoms with Gasteiger partial charge in [-0.1, -0.05) is 6.92 Å². The van der Waals surface area contributed by atoms with Crippen molar-refractivity contribution >= 4 is 0 Å². The summed E-state index contributed by atoms with van der Waals surface area (Å²) in [5, 5.41) is 0. The van der Waals surface area contributed by atoms with E-state index in [1.165, 1.54) is 19.3 Å². The van der Waals surface area contributed by atoms with Crippen LogP contribution in [0.1, 0.15) is 40.0 Å². The second kappa shape index (κ2) is 2.48. The van der Waals surface area contributed by atoms with Crippen molar-refractivity contribution in [1.82, 2.24) is 4.90 Å². The molecular weight excluding hydrogens is 134 g/mol. The van der Waals surface area contributed by atoms with Crippen molar-refractivity contribution in [2.24, 2.45) is 5.92 Å². The van der Waals surface area contributed by atoms with Crippen LogP contribution >= 0.6 is 0 Å². The predicted octanol–water partition coefficient (Wildman–Crippen LogP) is 2.27. The summed E-state index contributed by atoms with van der Waals surface area (Å²) in [6.07, 6.45) is 4.41. The predicted molar refractivity (Wildman–Crippen MR) is 47.6 cm³/mol. The fourth-order valence-electron chi connectivity index (χ4n) is 2.90. The van der Waals surface area contributed by atoms with E-state index < -0.39 is 0 Å². The molecule has 11 heavy (non-hydrogen) atoms. The third-order valence-electron chi connectivity index (χ3n) is 3.53. The maximum Gasteiger partial charge on any atom is 0.0141 e. The lowest BCUT2D eigenvalue weighted by Gasteiger charge is -2.58. The lowest BCUT2D eigenvalue weighted by molar-refractivity contribution is -0.0808. The fourth-order valence-corrected chi connectivity index (χ4v) is 2.90. The molecule has 3 unspecified atom stereocenters. The number of hydrogen-bond acceptors (Lipinski definition) is 1. The van der Waals surface area contributed by atoms with Gasteiger partial charge in [0.1, 0.15) is 0 Å². The molecule has 1 aliphatic carbocycles. The van der Waals surface area contributed by atoms with Crippen LogP contribution in [0.25, 0.3) is 0 Å². The van der Waals surface area contributed by atoms with E-state index in [-0.39, 0.29) is 0 Å². The highest BCUT2D eigenvalue weighted by atomic mass is 15.3. The highest BCUT2D eigenvalue weighted by Gasteiger charge is 2.45. The van der Waals surface area contributed by atoms with E-state index in [0.29, 0.717) is 0 Å². The van der Waals surface area contributed by atoms with Crippen LogP contribution in [0, 0.1) is 5.92 Å². The number of nitrogens with zero attached hydrogens (tertiary/aromatic N) is 1. The van der Waals surface area contributed by atoms with Crippen LogP contribution in [0.15, 0.2) is 0 Å². The van der Waals surface area contributed by atoms with Crippen molar-refractivity contribution in [2.45, 2.75) is 58.2 Å². The fraction of sp³-hybridized carbons (Fsp3) is 1.00. The van der Waals surface area contributed by atoms with Crippen LogP contribution in [0.3, 0.4) is 0 Å². The Morgan fingerprint density at radius 1 is 1.27 bits per heavy atom. The van der Waals surface area contributed by atoms with Crippen LogP contribution in [-0.4, -0.2) is 23.0 Å². The summed E-state index contributed by atoms with van der Waals surface area (Å²) in [7, 11) is 0. The Morgan fingerprint density at radius 2 is 2.00 bits per heavy atom. The van der Waals surface area contributed by atoms with E-state index in [0.717, 1.165) is 24.0 Å². The molecule has 0 aromatic rings. The van der Waals surface area contributed by atoms with Crippen LogP contribution in [0.4, 0.5) is 0 Å². The van der Waals surface area contributed by atoms with Gasteiger partial charge in [-0.3, -0.25) is 4.90 Å². The molecule has 3 aliphatic rings. The first-order chi connectivity index (χ1) is 5.20. The van der Waals surface area contributed by atoms with Gasteiger partial charge in [0.15, 0.2) is 0 Å². The number of piperidine rings is 1. The maximum absolute atomic E-state index is 2.72. The van der Waals surface area contributed by atoms with Crippen LogP contribution in [0.2, 0.25) is 0 Å². The summed E-state index contributed by atoms with van der Waals surface area (Å²) in [5.74, 6) is 0.961. The van der Waals surface area contributed by atoms with Crippen molar-refractivity contribution in [1.29, 1.82) is 0 Å². The van der Waals surface area contributed by atoms with E-state index in [1.807, 2.05) is 0 Å². The molecule has 1 saturated carbocycles. The highest BCUT2D eigenvalue weighted by molar-refractivity contribution is 5.00. The zero-order chi connectivity index (χ0) is 8.01. The lowest BCUT2D eigenvalue weighted by atomic mass is 9.72. The van der Waals surface area contributed by atoms with Gasteiger partial charge in [-0.15, -0.1) is 0 Å². The normalized spacial score (nSPS) is 44.2. The Bertz CT molecular complexity index is 151. The monoisotopic (exact) mass is 153 g/mol. The van der Waals surface area contributed by atoms with E-state index in [4.69, 9.17) is 0 Å². The van der Waals surface area contributed by atoms with E-state index in [2.05, 4.69) is 25.7 Å². The van der Waals surface area contributed by atoms with Gasteiger partial charge in [0.05, 0.1) is 0 Å². The molecule has 64 valence electrons. The van der Waals surface area contributed by atoms with Gasteiger partial charge in [-0.25, -0.2) is 0 Å². The molecule has 3 rings (SSSR count). The first kappa shape index (κ1) is 7.60. The van der Waals surface area contributed by atoms with Crippen LogP contribution in [0.5, 0.6) is 0 Å². The van der Waals surface area contributed by atoms with Crippen molar-refractivity contribution in [3.05, 3.63) is 0 Å². The second-order valence-corrected chi connectivity index (χ2v) is 4.55. The molecule has 0 aromatic carbocycles. The van der Waals surface area contributed by atoms with Gasteiger partial charge in [-0.05, 0) is 39.0 Å². The summed E-state index contributed by atoms with van der Waals surface area (Å²) in [6, 6.07) is 2.67. The topological polar surface area (TPSA) is 3.24 Å². The number of fused-ring (bicyclic) bond motifs is 2. The molecule has 0 radical (unpaired) electrons. The molecule has 0 amide bonds. The van der Waals surface area contributed by atoms with Gasteiger partial charge >= 0.3 is 0 Å². The Morgan fingerprint density at radius 3 is 2.36 bits per heavy atom. The zero-order valence-electron chi connectivity index (χ0n) is 7.88. The molecule has 3 atom stereocenters. The average molecular weight is 153 g/mol. The molecule has 3 fully saturated rings. The van der Waals surface area contributed by atoms with Crippen molar-refractivity contribution in [3.8, 4) is 0 Å². The summed E-state index contributed by atoms with van der Waals surface area (Å²) in [4.78, 5) is 2.72. The minimum Gasteiger partial charge on any atom is -0.295 e. The summed E-state index contributed by atoms with van der Waals surface area (Å²) < 4.78 is 0. The zero-order valence-corrected chi connectivity index (χ0v) is 7.88. The Hall–Kier alpha value is -0.0400. The summed E-state index contributed by atoms with van der Waals surface area (Å²) >= 11 is 0. The molecule has 2 heterocycles. The van der Waals surface area contributed by atoms with Crippen LogP contribution in [-0.2, 0) is 0 Å². The highest BCUT2D eigenvalue weighted by Crippen LogP contribution is 2.42. The quantitative estimate of drug-likeness (QED) is 0.558. The van der Waals surface area contributed by atoms with Gasteiger partial charge in [0, 0.05) is 18.1 Å². The smallest absolute Gasteiger partial charge is 0.0141 e. The molecule has 0 aromatic heterocycles. The minimum absolute atomic E-state index is 0.779. The molecule has 1 heteroatoms. The number of rotatable bonds is 1. The first-order valence-electron chi connectivity index (χ1n) is 4.97. The van der Waals surface area contributed by atoms with Crippen molar-refractivity contribution < 1.29 is 0 Å². The summed E-state index contributed by atoms with van der Waals surface area (Å²) in [5.41, 5.74) is 0. The standard InChI is InChI=1S/C10H19N/c1-7(2)11-9-5-4-8(3)10(11)6-9/h7-10H,4-6H2,1-3H3. The minimum atomic E-state index is 0.779. The second-order valence-electron chi connectivity index (χ2n) is 4.55. The molecular formula is C10H19N. The molecule has 2 bridgehead atoms. The lowest BCUT2D eigenvalue weighted by Crippen LogP contribution is -2.64. The SMILES string of the molecule is CC1CCC2CC1N2C(C)C. The van der Waals surface area contributed by atoms with Gasteiger partial charge in [-0.2, -0.15) is 0 Å². The van der Waals surface area contributed by atoms with Gasteiger partial charge in [0.25, 0.3) is 0 Å². The summed E-state index contributed by atoms with van der Waals surface area (Å²) in [6.45, 7) is 7.07. The largest absolute Gasteiger partial charge is 0.295 e. The van der Waals surface area contributed by atoms with Gasteiger partial charge < -0.3 is 0 Å². The Kier molecular flexibility index (Phi) is 1.71. The first-order valence-corrected chi connectivity index (χ1v) is 4.97. The maximum atomic E-state index is 2.72. The molecule has 1 nitrogen and oxygen atoms in total. The Labute approximate surface area is 69.8 Å². The van der Waals surface area contributed by atoms with Crippen molar-refractivity contribution in [2.75, 3.05) is 0 Å². The molecule has 0 N–H and O–H groups in total. The van der Waals surface area contributed by atoms with E-state index >= 15 is 0 Å².